The van der Waals surface area contributed by atoms with Crippen molar-refractivity contribution in [2.24, 2.45) is 0 Å². The molecular formula is C7H20N3O3P. The van der Waals surface area contributed by atoms with E-state index in [0.29, 0.717) is 10.4 Å². The van der Waals surface area contributed by atoms with Crippen LogP contribution in [0.25, 0.3) is 0 Å². The van der Waals surface area contributed by atoms with E-state index in [1.165, 1.54) is 0 Å². The maximum atomic E-state index is 9.22. The highest BCUT2D eigenvalue weighted by Gasteiger charge is 2.17. The van der Waals surface area contributed by atoms with E-state index in [4.69, 9.17) is 5.41 Å². The molecule has 0 aromatic heterocycles. The fourth-order valence-electron chi connectivity index (χ4n) is 0.600. The zero-order valence-corrected chi connectivity index (χ0v) is 10.6. The Morgan fingerprint density at radius 1 is 1.43 bits per heavy atom. The Kier molecular flexibility index (Phi) is 7.96. The molecular weight excluding hydrogens is 205 g/mol. The fraction of sp³-hybridized carbons (Fsp3) is 0.857. The van der Waals surface area contributed by atoms with Crippen molar-refractivity contribution in [3.05, 3.63) is 0 Å². The highest BCUT2D eigenvalue weighted by Crippen LogP contribution is 2.02. The molecule has 0 aliphatic carbocycles. The molecule has 7 heteroatoms. The van der Waals surface area contributed by atoms with Gasteiger partial charge in [-0.3, -0.25) is 4.48 Å². The molecule has 0 aliphatic rings. The van der Waals surface area contributed by atoms with Gasteiger partial charge in [-0.2, -0.15) is 0 Å². The lowest BCUT2D eigenvalue weighted by molar-refractivity contribution is -0.783. The second kappa shape index (κ2) is 6.95. The normalized spacial score (nSPS) is 12.5. The first-order valence-corrected chi connectivity index (χ1v) is 5.18. The molecule has 0 rings (SSSR count). The summed E-state index contributed by atoms with van der Waals surface area (Å²) in [7, 11) is 7.93. The third kappa shape index (κ3) is 9.67. The van der Waals surface area contributed by atoms with Crippen LogP contribution in [0.4, 0.5) is 0 Å². The van der Waals surface area contributed by atoms with Crippen molar-refractivity contribution < 1.29 is 18.5 Å². The minimum Gasteiger partial charge on any atom is -0.781 e. The van der Waals surface area contributed by atoms with Crippen molar-refractivity contribution >= 4 is 14.2 Å². The Hall–Kier alpha value is -0.420. The van der Waals surface area contributed by atoms with Gasteiger partial charge >= 0.3 is 0 Å². The average molecular weight is 225 g/mol. The van der Waals surface area contributed by atoms with Crippen LogP contribution in [-0.4, -0.2) is 57.7 Å². The van der Waals surface area contributed by atoms with Crippen LogP contribution in [0.3, 0.4) is 0 Å². The molecule has 0 aliphatic heterocycles. The smallest absolute Gasteiger partial charge is 0.296 e. The van der Waals surface area contributed by atoms with Gasteiger partial charge in [0.15, 0.2) is 0 Å². The zero-order valence-electron chi connectivity index (χ0n) is 9.62. The maximum Gasteiger partial charge on any atom is 0.296 e. The Morgan fingerprint density at radius 3 is 1.71 bits per heavy atom. The Balaban J connectivity index is 0. The quantitative estimate of drug-likeness (QED) is 0.284. The lowest BCUT2D eigenvalue weighted by atomic mass is 10.6. The van der Waals surface area contributed by atoms with Crippen molar-refractivity contribution in [1.29, 1.82) is 5.41 Å². The number of hydrogen-bond acceptors (Lipinski definition) is 4. The molecule has 0 spiro atoms. The molecule has 0 aromatic carbocycles. The highest BCUT2D eigenvalue weighted by molar-refractivity contribution is 7.30. The predicted molar refractivity (Wildman–Crippen MR) is 55.5 cm³/mol. The summed E-state index contributed by atoms with van der Waals surface area (Å²) in [5, 5.41) is 7.49. The molecule has 0 amide bonds. The van der Waals surface area contributed by atoms with E-state index >= 15 is 0 Å². The van der Waals surface area contributed by atoms with Gasteiger partial charge < -0.3 is 18.9 Å². The predicted octanol–water partition coefficient (Wildman–Crippen LogP) is -0.428. The van der Waals surface area contributed by atoms with Crippen LogP contribution in [0.15, 0.2) is 0 Å². The van der Waals surface area contributed by atoms with Crippen molar-refractivity contribution in [3.63, 3.8) is 0 Å². The summed E-state index contributed by atoms with van der Waals surface area (Å²) < 4.78 is 13.5. The van der Waals surface area contributed by atoms with Crippen LogP contribution in [0, 0.1) is 5.41 Å². The summed E-state index contributed by atoms with van der Waals surface area (Å²) >= 11 is 0. The molecule has 0 fully saturated rings. The second-order valence-electron chi connectivity index (χ2n) is 3.68. The summed E-state index contributed by atoms with van der Waals surface area (Å²) in [6.07, 6.45) is 0. The van der Waals surface area contributed by atoms with E-state index < -0.39 is 8.25 Å². The molecule has 6 nitrogen and oxygen atoms in total. The second-order valence-corrected chi connectivity index (χ2v) is 4.59. The molecule has 0 aromatic rings. The standard InChI is InChI=1S/C6H16N3.CH5O3P/c1-8(2)6(7)9(3,4)5;1-4-5(2)3/h7H,1-5H3;5H,1H3,(H,2,3)/q+1;/p-1. The van der Waals surface area contributed by atoms with Gasteiger partial charge in [0.2, 0.25) is 0 Å². The van der Waals surface area contributed by atoms with Crippen molar-refractivity contribution in [1.82, 2.24) is 4.90 Å². The van der Waals surface area contributed by atoms with Gasteiger partial charge in [0.1, 0.15) is 8.25 Å². The number of guanidine groups is 1. The molecule has 1 N–H and O–H groups in total. The van der Waals surface area contributed by atoms with E-state index in [2.05, 4.69) is 4.52 Å². The largest absolute Gasteiger partial charge is 0.781 e. The Bertz CT molecular complexity index is 201. The molecule has 0 bridgehead atoms. The van der Waals surface area contributed by atoms with Crippen LogP contribution in [-0.2, 0) is 9.09 Å². The fourth-order valence-corrected chi connectivity index (χ4v) is 0.600. The van der Waals surface area contributed by atoms with Crippen molar-refractivity contribution in [3.8, 4) is 0 Å². The molecule has 86 valence electrons. The topological polar surface area (TPSA) is 76.5 Å². The van der Waals surface area contributed by atoms with Gasteiger partial charge in [0.05, 0.1) is 21.1 Å². The van der Waals surface area contributed by atoms with Crippen LogP contribution >= 0.6 is 8.25 Å². The monoisotopic (exact) mass is 225 g/mol. The number of hydrogen-bond donors (Lipinski definition) is 1. The van der Waals surface area contributed by atoms with E-state index in [1.54, 1.807) is 4.90 Å². The molecule has 0 radical (unpaired) electrons. The first-order valence-electron chi connectivity index (χ1n) is 3.95. The van der Waals surface area contributed by atoms with Crippen molar-refractivity contribution in [2.45, 2.75) is 0 Å². The number of nitrogens with one attached hydrogen (secondary N) is 1. The molecule has 14 heavy (non-hydrogen) atoms. The van der Waals surface area contributed by atoms with Gasteiger partial charge in [0, 0.05) is 21.2 Å². The Labute approximate surface area is 86.1 Å². The first kappa shape index (κ1) is 16.0. The molecule has 1 atom stereocenters. The van der Waals surface area contributed by atoms with Gasteiger partial charge in [-0.1, -0.05) is 0 Å². The molecule has 0 saturated heterocycles. The number of quaternary nitrogens is 1. The summed E-state index contributed by atoms with van der Waals surface area (Å²) in [6, 6.07) is 0. The van der Waals surface area contributed by atoms with Gasteiger partial charge in [-0.25, -0.2) is 5.41 Å². The van der Waals surface area contributed by atoms with E-state index in [1.807, 2.05) is 35.2 Å². The molecule has 1 unspecified atom stereocenters. The third-order valence-corrected chi connectivity index (χ3v) is 1.56. The summed E-state index contributed by atoms with van der Waals surface area (Å²) in [6.45, 7) is 0. The van der Waals surface area contributed by atoms with Crippen LogP contribution in [0.5, 0.6) is 0 Å². The summed E-state index contributed by atoms with van der Waals surface area (Å²) in [5.41, 5.74) is 0. The zero-order chi connectivity index (χ0) is 11.9. The maximum absolute atomic E-state index is 9.22. The summed E-state index contributed by atoms with van der Waals surface area (Å²) in [4.78, 5) is 11.0. The van der Waals surface area contributed by atoms with Crippen LogP contribution in [0.1, 0.15) is 0 Å². The lowest BCUT2D eigenvalue weighted by Gasteiger charge is -2.27. The van der Waals surface area contributed by atoms with Gasteiger partial charge in [-0.15, -0.1) is 0 Å². The summed E-state index contributed by atoms with van der Waals surface area (Å²) in [5.74, 6) is 0.606. The lowest BCUT2D eigenvalue weighted by Crippen LogP contribution is -2.48. The SMILES string of the molecule is CN(C)C(=N)[N+](C)(C)C.CO[PH](=O)[O-]. The Morgan fingerprint density at radius 2 is 1.71 bits per heavy atom. The highest BCUT2D eigenvalue weighted by atomic mass is 31.1. The minimum absolute atomic E-state index is 0.576. The van der Waals surface area contributed by atoms with Crippen molar-refractivity contribution in [2.75, 3.05) is 42.3 Å². The van der Waals surface area contributed by atoms with E-state index in [-0.39, 0.29) is 0 Å². The average Bonchev–Trinajstić information content (AvgIpc) is 2.02. The molecule has 0 heterocycles. The first-order chi connectivity index (χ1) is 6.12. The van der Waals surface area contributed by atoms with E-state index in [0.717, 1.165) is 7.11 Å². The van der Waals surface area contributed by atoms with Gasteiger partial charge in [0.25, 0.3) is 5.96 Å². The van der Waals surface area contributed by atoms with Crippen LogP contribution < -0.4 is 4.89 Å². The number of rotatable bonds is 1. The van der Waals surface area contributed by atoms with Crippen LogP contribution in [0.2, 0.25) is 0 Å². The van der Waals surface area contributed by atoms with E-state index in [9.17, 15) is 9.46 Å². The minimum atomic E-state index is -2.87. The van der Waals surface area contributed by atoms with Gasteiger partial charge in [-0.05, 0) is 0 Å². The molecule has 0 saturated carbocycles. The number of nitrogens with zero attached hydrogens (tertiary/aromatic N) is 2. The third-order valence-electron chi connectivity index (χ3n) is 1.23.